The van der Waals surface area contributed by atoms with Crippen LogP contribution in [0.15, 0.2) is 28.7 Å². The number of amides is 1. The van der Waals surface area contributed by atoms with Gasteiger partial charge in [-0.3, -0.25) is 4.79 Å². The number of carbonyl (C=O) groups excluding carboxylic acids is 1. The summed E-state index contributed by atoms with van der Waals surface area (Å²) in [7, 11) is 1.99. The molecule has 5 nitrogen and oxygen atoms in total. The average Bonchev–Trinajstić information content (AvgIpc) is 3.01. The maximum atomic E-state index is 12.4. The highest BCUT2D eigenvalue weighted by molar-refractivity contribution is 5.85. The molecule has 0 unspecified atom stereocenters. The number of fused-ring (bicyclic) bond motifs is 1. The third-order valence-electron chi connectivity index (χ3n) is 4.66. The molecule has 1 amide bonds. The van der Waals surface area contributed by atoms with E-state index in [1.807, 2.05) is 36.2 Å². The van der Waals surface area contributed by atoms with Crippen molar-refractivity contribution >= 4 is 41.8 Å². The van der Waals surface area contributed by atoms with E-state index >= 15 is 0 Å². The van der Waals surface area contributed by atoms with Crippen LogP contribution in [-0.2, 0) is 11.2 Å². The molecule has 0 atom stereocenters. The van der Waals surface area contributed by atoms with Gasteiger partial charge in [-0.25, -0.2) is 4.98 Å². The van der Waals surface area contributed by atoms with Crippen molar-refractivity contribution in [2.45, 2.75) is 32.1 Å². The number of piperidine rings is 1. The molecule has 0 spiro atoms. The van der Waals surface area contributed by atoms with Crippen molar-refractivity contribution in [3.63, 3.8) is 0 Å². The topological polar surface area (TPSA) is 58.4 Å². The highest BCUT2D eigenvalue weighted by Crippen LogP contribution is 2.21. The van der Waals surface area contributed by atoms with Crippen LogP contribution >= 0.6 is 24.8 Å². The van der Waals surface area contributed by atoms with E-state index in [-0.39, 0.29) is 30.7 Å². The highest BCUT2D eigenvalue weighted by Gasteiger charge is 2.22. The molecule has 1 aromatic heterocycles. The molecule has 0 saturated carbocycles. The minimum Gasteiger partial charge on any atom is -0.441 e. The lowest BCUT2D eigenvalue weighted by Gasteiger charge is -2.32. The number of nitrogens with one attached hydrogen (secondary N) is 1. The van der Waals surface area contributed by atoms with Crippen molar-refractivity contribution in [2.24, 2.45) is 5.92 Å². The minimum atomic E-state index is 0. The largest absolute Gasteiger partial charge is 0.441 e. The van der Waals surface area contributed by atoms with Crippen LogP contribution in [0.4, 0.5) is 0 Å². The number of oxazole rings is 1. The number of aryl methyl sites for hydroxylation is 1. The van der Waals surface area contributed by atoms with Gasteiger partial charge in [-0.1, -0.05) is 12.1 Å². The van der Waals surface area contributed by atoms with Gasteiger partial charge in [-0.15, -0.1) is 24.8 Å². The zero-order valence-corrected chi connectivity index (χ0v) is 16.2. The smallest absolute Gasteiger partial charge is 0.223 e. The average molecular weight is 388 g/mol. The Hall–Kier alpha value is -1.30. The zero-order valence-electron chi connectivity index (χ0n) is 14.6. The number of halogens is 2. The van der Waals surface area contributed by atoms with E-state index in [2.05, 4.69) is 10.3 Å². The maximum Gasteiger partial charge on any atom is 0.223 e. The second kappa shape index (κ2) is 10.6. The van der Waals surface area contributed by atoms with Crippen LogP contribution in [0, 0.1) is 5.92 Å². The predicted molar refractivity (Wildman–Crippen MR) is 105 cm³/mol. The van der Waals surface area contributed by atoms with Crippen molar-refractivity contribution in [1.29, 1.82) is 0 Å². The van der Waals surface area contributed by atoms with Gasteiger partial charge in [0.15, 0.2) is 11.5 Å². The second-order valence-electron chi connectivity index (χ2n) is 6.29. The third kappa shape index (κ3) is 5.87. The molecule has 0 aliphatic carbocycles. The summed E-state index contributed by atoms with van der Waals surface area (Å²) in [6.45, 7) is 2.85. The second-order valence-corrected chi connectivity index (χ2v) is 6.29. The first kappa shape index (κ1) is 21.7. The quantitative estimate of drug-likeness (QED) is 0.824. The lowest BCUT2D eigenvalue weighted by atomic mass is 9.93. The molecule has 1 N–H and O–H groups in total. The fourth-order valence-corrected chi connectivity index (χ4v) is 3.22. The van der Waals surface area contributed by atoms with Crippen molar-refractivity contribution in [3.8, 4) is 0 Å². The van der Waals surface area contributed by atoms with Gasteiger partial charge in [-0.2, -0.15) is 0 Å². The zero-order chi connectivity index (χ0) is 16.1. The SMILES string of the molecule is CNCCC1CCN(C(=O)CCc2nc3ccccc3o2)CC1.Cl.Cl. The van der Waals surface area contributed by atoms with E-state index in [4.69, 9.17) is 4.42 Å². The number of para-hydroxylation sites is 2. The first-order chi connectivity index (χ1) is 11.3. The Kier molecular flexibility index (Phi) is 9.25. The van der Waals surface area contributed by atoms with E-state index in [1.54, 1.807) is 0 Å². The fourth-order valence-electron chi connectivity index (χ4n) is 3.22. The standard InChI is InChI=1S/C18H25N3O2.2ClH/c1-19-11-8-14-9-12-21(13-10-14)18(22)7-6-17-20-15-4-2-3-5-16(15)23-17;;/h2-5,14,19H,6-13H2,1H3;2*1H. The van der Waals surface area contributed by atoms with E-state index in [1.165, 1.54) is 6.42 Å². The van der Waals surface area contributed by atoms with Gasteiger partial charge >= 0.3 is 0 Å². The first-order valence-electron chi connectivity index (χ1n) is 8.53. The number of aromatic nitrogens is 1. The molecule has 1 aromatic carbocycles. The van der Waals surface area contributed by atoms with Crippen molar-refractivity contribution in [1.82, 2.24) is 15.2 Å². The van der Waals surface area contributed by atoms with E-state index in [0.717, 1.165) is 49.5 Å². The number of rotatable bonds is 6. The fraction of sp³-hybridized carbons (Fsp3) is 0.556. The van der Waals surface area contributed by atoms with E-state index < -0.39 is 0 Å². The third-order valence-corrected chi connectivity index (χ3v) is 4.66. The molecule has 25 heavy (non-hydrogen) atoms. The Morgan fingerprint density at radius 3 is 2.68 bits per heavy atom. The van der Waals surface area contributed by atoms with Crippen molar-refractivity contribution < 1.29 is 9.21 Å². The van der Waals surface area contributed by atoms with Crippen LogP contribution in [-0.4, -0.2) is 42.5 Å². The lowest BCUT2D eigenvalue weighted by Crippen LogP contribution is -2.39. The van der Waals surface area contributed by atoms with Crippen LogP contribution in [0.3, 0.4) is 0 Å². The van der Waals surface area contributed by atoms with Crippen molar-refractivity contribution in [2.75, 3.05) is 26.7 Å². The summed E-state index contributed by atoms with van der Waals surface area (Å²) in [6, 6.07) is 7.71. The van der Waals surface area contributed by atoms with E-state index in [0.29, 0.717) is 18.7 Å². The summed E-state index contributed by atoms with van der Waals surface area (Å²) < 4.78 is 5.68. The summed E-state index contributed by atoms with van der Waals surface area (Å²) >= 11 is 0. The Balaban J connectivity index is 0.00000156. The number of nitrogens with zero attached hydrogens (tertiary/aromatic N) is 2. The molecular formula is C18H27Cl2N3O2. The molecule has 1 fully saturated rings. The van der Waals surface area contributed by atoms with Gasteiger partial charge in [0.1, 0.15) is 5.52 Å². The van der Waals surface area contributed by atoms with Gasteiger partial charge in [0.05, 0.1) is 0 Å². The van der Waals surface area contributed by atoms with Crippen molar-refractivity contribution in [3.05, 3.63) is 30.2 Å². The van der Waals surface area contributed by atoms with Gasteiger partial charge in [0.25, 0.3) is 0 Å². The molecule has 3 rings (SSSR count). The number of carbonyl (C=O) groups is 1. The van der Waals surface area contributed by atoms with Crippen LogP contribution in [0.5, 0.6) is 0 Å². The van der Waals surface area contributed by atoms with Crippen LogP contribution < -0.4 is 5.32 Å². The summed E-state index contributed by atoms with van der Waals surface area (Å²) in [4.78, 5) is 18.8. The number of benzene rings is 1. The number of hydrogen-bond acceptors (Lipinski definition) is 4. The van der Waals surface area contributed by atoms with Crippen LogP contribution in [0.25, 0.3) is 11.1 Å². The first-order valence-corrected chi connectivity index (χ1v) is 8.53. The molecule has 2 heterocycles. The van der Waals surface area contributed by atoms with Crippen LogP contribution in [0.1, 0.15) is 31.6 Å². The summed E-state index contributed by atoms with van der Waals surface area (Å²) in [5.41, 5.74) is 1.65. The normalized spacial score (nSPS) is 14.8. The monoisotopic (exact) mass is 387 g/mol. The Bertz CT molecular complexity index is 622. The molecular weight excluding hydrogens is 361 g/mol. The minimum absolute atomic E-state index is 0. The van der Waals surface area contributed by atoms with Gasteiger partial charge in [0.2, 0.25) is 5.91 Å². The molecule has 1 aliphatic heterocycles. The number of hydrogen-bond donors (Lipinski definition) is 1. The molecule has 2 aromatic rings. The molecule has 1 saturated heterocycles. The van der Waals surface area contributed by atoms with Crippen LogP contribution in [0.2, 0.25) is 0 Å². The predicted octanol–water partition coefficient (Wildman–Crippen LogP) is 3.45. The Morgan fingerprint density at radius 1 is 1.28 bits per heavy atom. The summed E-state index contributed by atoms with van der Waals surface area (Å²) in [6.07, 6.45) is 4.51. The van der Waals surface area contributed by atoms with Gasteiger partial charge < -0.3 is 14.6 Å². The molecule has 0 radical (unpaired) electrons. The molecule has 7 heteroatoms. The van der Waals surface area contributed by atoms with Gasteiger partial charge in [0, 0.05) is 25.9 Å². The summed E-state index contributed by atoms with van der Waals surface area (Å²) in [5.74, 6) is 1.63. The Morgan fingerprint density at radius 2 is 2.00 bits per heavy atom. The number of likely N-dealkylation sites (tertiary alicyclic amines) is 1. The molecule has 140 valence electrons. The molecule has 1 aliphatic rings. The Labute approximate surface area is 161 Å². The lowest BCUT2D eigenvalue weighted by molar-refractivity contribution is -0.132. The molecule has 0 bridgehead atoms. The van der Waals surface area contributed by atoms with E-state index in [9.17, 15) is 4.79 Å². The van der Waals surface area contributed by atoms with Gasteiger partial charge in [-0.05, 0) is 50.9 Å². The highest BCUT2D eigenvalue weighted by atomic mass is 35.5. The maximum absolute atomic E-state index is 12.4. The summed E-state index contributed by atoms with van der Waals surface area (Å²) in [5, 5.41) is 3.20.